The molecule has 0 radical (unpaired) electrons. The van der Waals surface area contributed by atoms with E-state index in [9.17, 15) is 0 Å². The van der Waals surface area contributed by atoms with Gasteiger partial charge in [0.2, 0.25) is 16.8 Å². The van der Waals surface area contributed by atoms with Crippen LogP contribution in [0.1, 0.15) is 25.2 Å². The molecular formula is C15H16N6OS2. The monoisotopic (exact) mass is 360 g/mol. The number of rotatable bonds is 8. The van der Waals surface area contributed by atoms with Gasteiger partial charge in [0.15, 0.2) is 4.34 Å². The molecule has 24 heavy (non-hydrogen) atoms. The van der Waals surface area contributed by atoms with Crippen LogP contribution >= 0.6 is 23.1 Å². The molecular weight excluding hydrogens is 344 g/mol. The number of thioether (sulfide) groups is 1. The zero-order chi connectivity index (χ0) is 16.2. The second-order valence-corrected chi connectivity index (χ2v) is 7.81. The van der Waals surface area contributed by atoms with Crippen LogP contribution in [0.15, 0.2) is 33.4 Å². The summed E-state index contributed by atoms with van der Waals surface area (Å²) in [6, 6.07) is 4.35. The summed E-state index contributed by atoms with van der Waals surface area (Å²) >= 11 is 3.34. The van der Waals surface area contributed by atoms with Gasteiger partial charge in [-0.3, -0.25) is 4.98 Å². The number of pyridine rings is 1. The van der Waals surface area contributed by atoms with Gasteiger partial charge in [-0.1, -0.05) is 28.3 Å². The van der Waals surface area contributed by atoms with E-state index in [-0.39, 0.29) is 0 Å². The number of hydrogen-bond donors (Lipinski definition) is 1. The molecule has 0 aromatic carbocycles. The van der Waals surface area contributed by atoms with Gasteiger partial charge in [0.1, 0.15) is 0 Å². The zero-order valence-corrected chi connectivity index (χ0v) is 14.5. The molecule has 1 fully saturated rings. The number of aromatic nitrogens is 5. The Kier molecular flexibility index (Phi) is 4.70. The lowest BCUT2D eigenvalue weighted by Gasteiger charge is -1.95. The smallest absolute Gasteiger partial charge is 0.226 e. The Hall–Kier alpha value is -2.00. The van der Waals surface area contributed by atoms with Gasteiger partial charge < -0.3 is 9.84 Å². The van der Waals surface area contributed by atoms with Gasteiger partial charge >= 0.3 is 0 Å². The average molecular weight is 360 g/mol. The molecule has 1 aliphatic carbocycles. The van der Waals surface area contributed by atoms with E-state index < -0.39 is 0 Å². The van der Waals surface area contributed by atoms with Gasteiger partial charge in [0.05, 0.1) is 0 Å². The number of nitrogens with zero attached hydrogens (tertiary/aromatic N) is 5. The summed E-state index contributed by atoms with van der Waals surface area (Å²) in [4.78, 5) is 8.40. The van der Waals surface area contributed by atoms with Crippen LogP contribution in [-0.4, -0.2) is 37.1 Å². The first-order valence-corrected chi connectivity index (χ1v) is 9.63. The standard InChI is InChI=1S/C15H16N6OS2/c1(9-23-15-20-19-14(24-15)17-11-3-4-11)2-12-18-13(21-22-12)10-5-7-16-8-6-10/h5-8,11H,1-4,9H2,(H,17,19). The normalized spacial score (nSPS) is 14.0. The van der Waals surface area contributed by atoms with Crippen molar-refractivity contribution in [1.29, 1.82) is 0 Å². The molecule has 3 heterocycles. The van der Waals surface area contributed by atoms with Crippen molar-refractivity contribution in [2.24, 2.45) is 0 Å². The number of aryl methyl sites for hydroxylation is 1. The van der Waals surface area contributed by atoms with Crippen molar-refractivity contribution < 1.29 is 4.52 Å². The maximum atomic E-state index is 5.30. The third-order valence-corrected chi connectivity index (χ3v) is 5.55. The summed E-state index contributed by atoms with van der Waals surface area (Å²) in [6.45, 7) is 0. The molecule has 1 aliphatic rings. The summed E-state index contributed by atoms with van der Waals surface area (Å²) in [5, 5.41) is 16.7. The molecule has 0 saturated heterocycles. The molecule has 7 nitrogen and oxygen atoms in total. The van der Waals surface area contributed by atoms with E-state index in [1.807, 2.05) is 12.1 Å². The molecule has 0 amide bonds. The molecule has 1 saturated carbocycles. The van der Waals surface area contributed by atoms with Gasteiger partial charge in [-0.25, -0.2) is 0 Å². The Labute approximate surface area is 147 Å². The Balaban J connectivity index is 1.22. The fourth-order valence-corrected chi connectivity index (χ4v) is 3.92. The van der Waals surface area contributed by atoms with Crippen molar-refractivity contribution in [1.82, 2.24) is 25.3 Å². The van der Waals surface area contributed by atoms with Crippen molar-refractivity contribution in [3.05, 3.63) is 30.4 Å². The summed E-state index contributed by atoms with van der Waals surface area (Å²) < 4.78 is 6.30. The molecule has 0 atom stereocenters. The number of hydrogen-bond acceptors (Lipinski definition) is 9. The van der Waals surface area contributed by atoms with E-state index in [4.69, 9.17) is 4.52 Å². The van der Waals surface area contributed by atoms with E-state index in [0.717, 1.165) is 33.6 Å². The van der Waals surface area contributed by atoms with Crippen LogP contribution in [0.3, 0.4) is 0 Å². The zero-order valence-electron chi connectivity index (χ0n) is 12.9. The minimum atomic E-state index is 0.611. The molecule has 0 spiro atoms. The summed E-state index contributed by atoms with van der Waals surface area (Å²) in [5.74, 6) is 2.22. The van der Waals surface area contributed by atoms with Gasteiger partial charge in [-0.05, 0) is 31.4 Å². The summed E-state index contributed by atoms with van der Waals surface area (Å²) in [6.07, 6.45) is 7.64. The van der Waals surface area contributed by atoms with Gasteiger partial charge in [0, 0.05) is 36.2 Å². The Morgan fingerprint density at radius 3 is 2.96 bits per heavy atom. The fourth-order valence-electron chi connectivity index (χ4n) is 2.09. The predicted octanol–water partition coefficient (Wildman–Crippen LogP) is 3.28. The first-order valence-electron chi connectivity index (χ1n) is 7.82. The highest BCUT2D eigenvalue weighted by molar-refractivity contribution is 8.01. The second-order valence-electron chi connectivity index (χ2n) is 5.49. The van der Waals surface area contributed by atoms with Crippen LogP contribution in [0.5, 0.6) is 0 Å². The SMILES string of the molecule is c1cc(-c2noc(CCCSc3nnc(NC4CC4)s3)n2)ccn1. The minimum absolute atomic E-state index is 0.611. The first-order chi connectivity index (χ1) is 11.9. The molecule has 124 valence electrons. The predicted molar refractivity (Wildman–Crippen MR) is 93.1 cm³/mol. The molecule has 0 unspecified atom stereocenters. The van der Waals surface area contributed by atoms with Crippen molar-refractivity contribution >= 4 is 28.2 Å². The molecule has 3 aromatic heterocycles. The van der Waals surface area contributed by atoms with E-state index in [1.165, 1.54) is 12.8 Å². The van der Waals surface area contributed by atoms with Crippen LogP contribution in [0.2, 0.25) is 0 Å². The highest BCUT2D eigenvalue weighted by atomic mass is 32.2. The molecule has 9 heteroatoms. The van der Waals surface area contributed by atoms with Crippen LogP contribution in [0, 0.1) is 0 Å². The fraction of sp³-hybridized carbons (Fsp3) is 0.400. The van der Waals surface area contributed by atoms with Crippen LogP contribution in [0.4, 0.5) is 5.13 Å². The molecule has 3 aromatic rings. The largest absolute Gasteiger partial charge is 0.357 e. The number of nitrogens with one attached hydrogen (secondary N) is 1. The molecule has 0 bridgehead atoms. The molecule has 1 N–H and O–H groups in total. The van der Waals surface area contributed by atoms with Gasteiger partial charge in [0.25, 0.3) is 0 Å². The van der Waals surface area contributed by atoms with E-state index in [0.29, 0.717) is 17.8 Å². The Morgan fingerprint density at radius 1 is 1.25 bits per heavy atom. The topological polar surface area (TPSA) is 89.6 Å². The quantitative estimate of drug-likeness (QED) is 0.483. The summed E-state index contributed by atoms with van der Waals surface area (Å²) in [7, 11) is 0. The van der Waals surface area contributed by atoms with E-state index >= 15 is 0 Å². The van der Waals surface area contributed by atoms with E-state index in [1.54, 1.807) is 35.5 Å². The average Bonchev–Trinajstić information content (AvgIpc) is 3.11. The third kappa shape index (κ3) is 4.09. The maximum Gasteiger partial charge on any atom is 0.226 e. The first kappa shape index (κ1) is 15.5. The minimum Gasteiger partial charge on any atom is -0.357 e. The van der Waals surface area contributed by atoms with Gasteiger partial charge in [-0.2, -0.15) is 4.98 Å². The van der Waals surface area contributed by atoms with E-state index in [2.05, 4.69) is 30.6 Å². The van der Waals surface area contributed by atoms with Crippen molar-refractivity contribution in [2.45, 2.75) is 36.1 Å². The van der Waals surface area contributed by atoms with Crippen molar-refractivity contribution in [2.75, 3.05) is 11.1 Å². The third-order valence-electron chi connectivity index (χ3n) is 3.48. The number of anilines is 1. The lowest BCUT2D eigenvalue weighted by molar-refractivity contribution is 0.378. The van der Waals surface area contributed by atoms with Crippen LogP contribution in [-0.2, 0) is 6.42 Å². The highest BCUT2D eigenvalue weighted by Crippen LogP contribution is 2.30. The molecule has 4 rings (SSSR count). The van der Waals surface area contributed by atoms with Crippen molar-refractivity contribution in [3.63, 3.8) is 0 Å². The summed E-state index contributed by atoms with van der Waals surface area (Å²) in [5.41, 5.74) is 0.916. The van der Waals surface area contributed by atoms with Crippen LogP contribution in [0.25, 0.3) is 11.4 Å². The molecule has 0 aliphatic heterocycles. The van der Waals surface area contributed by atoms with Gasteiger partial charge in [-0.15, -0.1) is 10.2 Å². The van der Waals surface area contributed by atoms with Crippen molar-refractivity contribution in [3.8, 4) is 11.4 Å². The Bertz CT molecular complexity index is 786. The lowest BCUT2D eigenvalue weighted by atomic mass is 10.2. The van der Waals surface area contributed by atoms with Crippen LogP contribution < -0.4 is 5.32 Å². The lowest BCUT2D eigenvalue weighted by Crippen LogP contribution is -1.99. The Morgan fingerprint density at radius 2 is 2.12 bits per heavy atom. The second kappa shape index (κ2) is 7.27. The maximum absolute atomic E-state index is 5.30. The highest BCUT2D eigenvalue weighted by Gasteiger charge is 2.22.